The molecule has 0 amide bonds. The average Bonchev–Trinajstić information content (AvgIpc) is 3.69. The van der Waals surface area contributed by atoms with Crippen LogP contribution < -0.4 is 0 Å². The molecule has 0 bridgehead atoms. The first kappa shape index (κ1) is 39.1. The van der Waals surface area contributed by atoms with Gasteiger partial charge in [0.25, 0.3) is 0 Å². The molecule has 8 nitrogen and oxygen atoms in total. The van der Waals surface area contributed by atoms with Crippen molar-refractivity contribution in [3.63, 3.8) is 0 Å². The Bertz CT molecular complexity index is 783. The Morgan fingerprint density at radius 1 is 0.600 bits per heavy atom. The summed E-state index contributed by atoms with van der Waals surface area (Å²) in [5, 5.41) is 15.7. The highest BCUT2D eigenvalue weighted by Crippen LogP contribution is 1.89. The second-order valence-corrected chi connectivity index (χ2v) is 6.10. The van der Waals surface area contributed by atoms with Crippen LogP contribution >= 0.6 is 0 Å². The summed E-state index contributed by atoms with van der Waals surface area (Å²) in [4.78, 5) is 0. The zero-order chi connectivity index (χ0) is 28.2. The molecule has 0 N–H and O–H groups in total. The van der Waals surface area contributed by atoms with E-state index in [-0.39, 0.29) is 0 Å². The molecule has 0 aliphatic rings. The van der Waals surface area contributed by atoms with Crippen molar-refractivity contribution in [2.24, 2.45) is 28.2 Å². The van der Waals surface area contributed by atoms with E-state index in [9.17, 15) is 0 Å². The van der Waals surface area contributed by atoms with Gasteiger partial charge in [-0.3, -0.25) is 18.7 Å². The third-order valence-electron chi connectivity index (χ3n) is 3.38. The van der Waals surface area contributed by atoms with Gasteiger partial charge in [-0.2, -0.15) is 20.4 Å². The van der Waals surface area contributed by atoms with Crippen molar-refractivity contribution in [3.8, 4) is 0 Å². The second kappa shape index (κ2) is 28.9. The molecule has 202 valence electrons. The van der Waals surface area contributed by atoms with Gasteiger partial charge in [-0.05, 0) is 44.5 Å². The SMILES string of the molecule is CC.CC.CC.CC.Cc1ccn(C)n1.Cc1ccnn1C.Cc1cnn(C)c1.Cn1cccn1. The van der Waals surface area contributed by atoms with Gasteiger partial charge in [-0.25, -0.2) is 0 Å². The Labute approximate surface area is 216 Å². The van der Waals surface area contributed by atoms with Gasteiger partial charge in [0, 0.05) is 64.9 Å². The largest absolute Gasteiger partial charge is 0.276 e. The molecule has 0 fully saturated rings. The topological polar surface area (TPSA) is 71.3 Å². The molecule has 4 heterocycles. The van der Waals surface area contributed by atoms with Crippen LogP contribution in [0.15, 0.2) is 55.4 Å². The number of aryl methyl sites for hydroxylation is 7. The van der Waals surface area contributed by atoms with Gasteiger partial charge in [0.05, 0.1) is 11.9 Å². The van der Waals surface area contributed by atoms with Crippen molar-refractivity contribution < 1.29 is 0 Å². The van der Waals surface area contributed by atoms with Crippen molar-refractivity contribution in [3.05, 3.63) is 72.3 Å². The molecule has 0 aliphatic heterocycles. The first-order chi connectivity index (χ1) is 16.8. The van der Waals surface area contributed by atoms with Crippen LogP contribution in [0.1, 0.15) is 72.3 Å². The van der Waals surface area contributed by atoms with Crippen LogP contribution in [0.3, 0.4) is 0 Å². The molecule has 0 saturated carbocycles. The summed E-state index contributed by atoms with van der Waals surface area (Å²) in [5.41, 5.74) is 3.48. The van der Waals surface area contributed by atoms with Crippen LogP contribution in [0.5, 0.6) is 0 Å². The minimum absolute atomic E-state index is 1.07. The van der Waals surface area contributed by atoms with Crippen molar-refractivity contribution in [2.75, 3.05) is 0 Å². The summed E-state index contributed by atoms with van der Waals surface area (Å²) in [5.74, 6) is 0. The van der Waals surface area contributed by atoms with Crippen LogP contribution in [0.4, 0.5) is 0 Å². The maximum Gasteiger partial charge on any atom is 0.0593 e. The lowest BCUT2D eigenvalue weighted by Gasteiger charge is -1.87. The van der Waals surface area contributed by atoms with Crippen LogP contribution in [0.2, 0.25) is 0 Å². The van der Waals surface area contributed by atoms with Crippen molar-refractivity contribution >= 4 is 0 Å². The predicted molar refractivity (Wildman–Crippen MR) is 152 cm³/mol. The summed E-state index contributed by atoms with van der Waals surface area (Å²) < 4.78 is 7.16. The van der Waals surface area contributed by atoms with Gasteiger partial charge >= 0.3 is 0 Å². The molecule has 4 aromatic heterocycles. The van der Waals surface area contributed by atoms with Crippen LogP contribution in [0, 0.1) is 20.8 Å². The summed E-state index contributed by atoms with van der Waals surface area (Å²) in [6.07, 6.45) is 11.2. The van der Waals surface area contributed by atoms with Gasteiger partial charge in [-0.15, -0.1) is 0 Å². The van der Waals surface area contributed by atoms with E-state index in [1.807, 2.05) is 152 Å². The normalized spacial score (nSPS) is 7.86. The number of aromatic nitrogens is 8. The zero-order valence-electron chi connectivity index (χ0n) is 25.3. The Balaban J connectivity index is -0.000000167. The molecule has 0 aromatic carbocycles. The Morgan fingerprint density at radius 3 is 1.29 bits per heavy atom. The monoisotopic (exact) mass is 490 g/mol. The third-order valence-corrected chi connectivity index (χ3v) is 3.38. The minimum atomic E-state index is 1.07. The standard InChI is InChI=1S/3C5H8N2.C4H6N2.4C2H6/c1-5-3-6-7(2)4-5;1-5-3-4-7(2)6-5;1-5-3-4-6-7(5)2;1-6-4-2-3-5-6;4*1-2/h3*3-4H,1-2H3;2-4H,1H3;4*1-2H3. The fraction of sp³-hybridized carbons (Fsp3) is 0.556. The van der Waals surface area contributed by atoms with E-state index >= 15 is 0 Å². The molecule has 8 heteroatoms. The van der Waals surface area contributed by atoms with E-state index in [4.69, 9.17) is 0 Å². The van der Waals surface area contributed by atoms with E-state index < -0.39 is 0 Å². The van der Waals surface area contributed by atoms with Crippen LogP contribution in [0.25, 0.3) is 0 Å². The van der Waals surface area contributed by atoms with Gasteiger partial charge < -0.3 is 0 Å². The molecule has 0 saturated heterocycles. The molecule has 0 unspecified atom stereocenters. The molecule has 35 heavy (non-hydrogen) atoms. The van der Waals surface area contributed by atoms with Gasteiger partial charge in [-0.1, -0.05) is 55.4 Å². The molecule has 0 spiro atoms. The lowest BCUT2D eigenvalue weighted by molar-refractivity contribution is 0.740. The molecule has 4 aromatic rings. The summed E-state index contributed by atoms with van der Waals surface area (Å²) in [6.45, 7) is 22.0. The number of rotatable bonds is 0. The average molecular weight is 491 g/mol. The highest BCUT2D eigenvalue weighted by atomic mass is 15.3. The van der Waals surface area contributed by atoms with Crippen LogP contribution in [-0.2, 0) is 28.2 Å². The first-order valence-corrected chi connectivity index (χ1v) is 12.6. The summed E-state index contributed by atoms with van der Waals surface area (Å²) in [7, 11) is 7.63. The predicted octanol–water partition coefficient (Wildman–Crippen LogP) is 6.71. The smallest absolute Gasteiger partial charge is 0.0593 e. The van der Waals surface area contributed by atoms with Crippen molar-refractivity contribution in [1.82, 2.24) is 39.1 Å². The van der Waals surface area contributed by atoms with E-state index in [2.05, 4.69) is 20.4 Å². The maximum absolute atomic E-state index is 4.03. The number of nitrogens with zero attached hydrogens (tertiary/aromatic N) is 8. The highest BCUT2D eigenvalue weighted by molar-refractivity contribution is 4.98. The molecule has 0 radical (unpaired) electrons. The second-order valence-electron chi connectivity index (χ2n) is 6.10. The summed E-state index contributed by atoms with van der Waals surface area (Å²) in [6, 6.07) is 5.83. The van der Waals surface area contributed by atoms with E-state index in [1.54, 1.807) is 26.4 Å². The van der Waals surface area contributed by atoms with E-state index in [0.717, 1.165) is 5.69 Å². The third kappa shape index (κ3) is 25.3. The molecular formula is C27H54N8. The maximum atomic E-state index is 4.03. The van der Waals surface area contributed by atoms with Gasteiger partial charge in [0.1, 0.15) is 0 Å². The van der Waals surface area contributed by atoms with E-state index in [0.29, 0.717) is 0 Å². The number of hydrogen-bond donors (Lipinski definition) is 0. The number of hydrogen-bond acceptors (Lipinski definition) is 4. The van der Waals surface area contributed by atoms with Crippen molar-refractivity contribution in [1.29, 1.82) is 0 Å². The highest BCUT2D eigenvalue weighted by Gasteiger charge is 1.84. The lowest BCUT2D eigenvalue weighted by atomic mass is 10.4. The fourth-order valence-electron chi connectivity index (χ4n) is 1.86. The molecule has 0 atom stereocenters. The Kier molecular flexibility index (Phi) is 32.2. The Morgan fingerprint density at radius 2 is 1.17 bits per heavy atom. The quantitative estimate of drug-likeness (QED) is 0.275. The van der Waals surface area contributed by atoms with Gasteiger partial charge in [0.2, 0.25) is 0 Å². The van der Waals surface area contributed by atoms with E-state index in [1.165, 1.54) is 11.3 Å². The van der Waals surface area contributed by atoms with Gasteiger partial charge in [0.15, 0.2) is 0 Å². The first-order valence-electron chi connectivity index (χ1n) is 12.6. The Hall–Kier alpha value is -3.16. The fourth-order valence-corrected chi connectivity index (χ4v) is 1.86. The molecule has 0 aliphatic carbocycles. The summed E-state index contributed by atoms with van der Waals surface area (Å²) >= 11 is 0. The van der Waals surface area contributed by atoms with Crippen LogP contribution in [-0.4, -0.2) is 39.1 Å². The molecular weight excluding hydrogens is 436 g/mol. The van der Waals surface area contributed by atoms with Crippen molar-refractivity contribution in [2.45, 2.75) is 76.2 Å². The zero-order valence-corrected chi connectivity index (χ0v) is 25.3. The lowest BCUT2D eigenvalue weighted by Crippen LogP contribution is -1.90. The minimum Gasteiger partial charge on any atom is -0.276 e. The molecule has 4 rings (SSSR count).